The van der Waals surface area contributed by atoms with Gasteiger partial charge in [0, 0.05) is 0 Å². The number of hydrogen-bond donors (Lipinski definition) is 0. The second-order valence-corrected chi connectivity index (χ2v) is 40.5. The van der Waals surface area contributed by atoms with Gasteiger partial charge in [0.25, 0.3) is 0 Å². The molecule has 5 unspecified atom stereocenters. The summed E-state index contributed by atoms with van der Waals surface area (Å²) >= 11 is 0. The van der Waals surface area contributed by atoms with Gasteiger partial charge in [0.15, 0.2) is 0 Å². The van der Waals surface area contributed by atoms with Crippen LogP contribution in [0.25, 0.3) is 0 Å². The number of nitrogens with zero attached hydrogens (tertiary/aromatic N) is 1. The zero-order chi connectivity index (χ0) is 14.2. The fourth-order valence-corrected chi connectivity index (χ4v) is 108. The van der Waals surface area contributed by atoms with Crippen LogP contribution in [0, 0.1) is 0 Å². The van der Waals surface area contributed by atoms with E-state index in [0.717, 1.165) is 4.05 Å². The summed E-state index contributed by atoms with van der Waals surface area (Å²) in [5.41, 5.74) is 1.55. The quantitative estimate of drug-likeness (QED) is 0.522. The molecule has 1 nitrogen and oxygen atoms in total. The molecule has 10 saturated heterocycles. The van der Waals surface area contributed by atoms with Crippen LogP contribution in [0.1, 0.15) is 20.8 Å². The van der Waals surface area contributed by atoms with Gasteiger partial charge >= 0.3 is 123 Å². The number of fused-ring (bicyclic) bond motifs is 10. The summed E-state index contributed by atoms with van der Waals surface area (Å²) in [6.45, 7) is 4.70. The average Bonchev–Trinajstić information content (AvgIpc) is 3.41. The summed E-state index contributed by atoms with van der Waals surface area (Å²) in [4.78, 5) is 17.9. The third kappa shape index (κ3) is 0.130. The molecular weight excluding hydrogens is 329 g/mol. The Hall–Kier alpha value is 0.0995. The molecule has 3 heteroatoms. The van der Waals surface area contributed by atoms with Crippen molar-refractivity contribution in [2.75, 3.05) is 0 Å². The molecule has 0 aliphatic carbocycles. The predicted octanol–water partition coefficient (Wildman–Crippen LogP) is 5.28. The topological polar surface area (TPSA) is 12.9 Å². The molecule has 0 radical (unpaired) electrons. The number of rotatable bonds is 2. The van der Waals surface area contributed by atoms with E-state index in [0.29, 0.717) is 5.16 Å². The summed E-state index contributed by atoms with van der Waals surface area (Å²) in [6.07, 6.45) is 2.08. The van der Waals surface area contributed by atoms with E-state index in [2.05, 4.69) is 45.2 Å². The van der Waals surface area contributed by atoms with Crippen LogP contribution < -0.4 is 5.44 Å². The van der Waals surface area contributed by atoms with E-state index in [1.54, 1.807) is 5.44 Å². The molecule has 1 aromatic rings. The molecule has 10 fully saturated rings. The van der Waals surface area contributed by atoms with Crippen LogP contribution >= 0.6 is 7.92 Å². The monoisotopic (exact) mass is 351 g/mol. The molecule has 10 aliphatic heterocycles. The van der Waals surface area contributed by atoms with Crippen LogP contribution in [0.2, 0.25) is 43.3 Å². The minimum absolute atomic E-state index is 0.0254. The average molecular weight is 351 g/mol. The molecule has 0 aromatic carbocycles. The SMILES string of the molecule is CC(C)(C)P(c1ccccn1)[C]12[CH]3[CH]4[CH]5[CH]1[Fe]45321678[CH]2[CH]1[CH]6[CH]7[CH]28. The van der Waals surface area contributed by atoms with Crippen LogP contribution in [0.15, 0.2) is 24.4 Å². The van der Waals surface area contributed by atoms with Crippen molar-refractivity contribution in [1.29, 1.82) is 0 Å². The van der Waals surface area contributed by atoms with Crippen molar-refractivity contribution < 1.29 is 6.51 Å². The minimum atomic E-state index is -3.00. The summed E-state index contributed by atoms with van der Waals surface area (Å²) in [5, 5.41) is 0.474. The molecule has 0 bridgehead atoms. The van der Waals surface area contributed by atoms with Crippen molar-refractivity contribution in [2.45, 2.75) is 73.3 Å². The van der Waals surface area contributed by atoms with Gasteiger partial charge in [-0.25, -0.2) is 0 Å². The molecule has 1 aromatic heterocycles. The number of pyridine rings is 1. The van der Waals surface area contributed by atoms with Gasteiger partial charge < -0.3 is 0 Å². The molecule has 22 heavy (non-hydrogen) atoms. The number of aromatic nitrogens is 1. The Balaban J connectivity index is 1.38. The molecule has 1 spiro atoms. The van der Waals surface area contributed by atoms with E-state index in [-0.39, 0.29) is 7.92 Å². The first kappa shape index (κ1) is 9.55. The summed E-state index contributed by atoms with van der Waals surface area (Å²) < 4.78 is 1.00. The van der Waals surface area contributed by atoms with E-state index >= 15 is 0 Å². The van der Waals surface area contributed by atoms with Gasteiger partial charge in [-0.2, -0.15) is 0 Å². The van der Waals surface area contributed by atoms with Crippen LogP contribution in [0.5, 0.6) is 0 Å². The molecule has 11 rings (SSSR count). The Labute approximate surface area is 122 Å². The van der Waals surface area contributed by atoms with Gasteiger partial charge in [-0.05, 0) is 0 Å². The molecule has 0 amide bonds. The second-order valence-electron chi connectivity index (χ2n) is 13.3. The standard InChI is InChI=1S/C14H17NP.C5H5.Fe/c1-14(2,3)16(12-8-4-5-9-12)13-10-6-7-11-15-13;1-2-4-5-3-1;/h4-11H,1-3H3;1-5H;. The molecular formula is C19H22FeNP. The fourth-order valence-electron chi connectivity index (χ4n) is 18.2. The Kier molecular flexibility index (Phi) is 0.409. The van der Waals surface area contributed by atoms with E-state index in [4.69, 9.17) is 4.98 Å². The van der Waals surface area contributed by atoms with Crippen LogP contribution in [-0.4, -0.2) is 14.2 Å². The van der Waals surface area contributed by atoms with E-state index in [1.165, 1.54) is 43.3 Å². The maximum atomic E-state index is 4.99. The van der Waals surface area contributed by atoms with E-state index in [9.17, 15) is 0 Å². The molecule has 0 N–H and O–H groups in total. The Bertz CT molecular complexity index is 1170. The fraction of sp³-hybridized carbons (Fsp3) is 0.737. The number of hydrogen-bond acceptors (Lipinski definition) is 1. The van der Waals surface area contributed by atoms with E-state index in [1.807, 2.05) is 0 Å². The van der Waals surface area contributed by atoms with Gasteiger partial charge in [0.05, 0.1) is 0 Å². The van der Waals surface area contributed by atoms with E-state index < -0.39 is 6.51 Å². The van der Waals surface area contributed by atoms with Crippen LogP contribution in [-0.2, 0) is 6.51 Å². The Morgan fingerprint density at radius 2 is 1.55 bits per heavy atom. The first-order valence-electron chi connectivity index (χ1n) is 9.20. The maximum absolute atomic E-state index is 4.99. The molecule has 10 aliphatic rings. The van der Waals surface area contributed by atoms with Gasteiger partial charge in [-0.1, -0.05) is 0 Å². The Morgan fingerprint density at radius 1 is 0.955 bits per heavy atom. The normalized spacial score (nSPS) is 97.0. The van der Waals surface area contributed by atoms with Crippen molar-refractivity contribution in [3.05, 3.63) is 24.4 Å². The van der Waals surface area contributed by atoms with Gasteiger partial charge in [0.2, 0.25) is 0 Å². The summed E-state index contributed by atoms with van der Waals surface area (Å²) in [6, 6.07) is 6.81. The van der Waals surface area contributed by atoms with Crippen molar-refractivity contribution in [3.63, 3.8) is 0 Å². The summed E-state index contributed by atoms with van der Waals surface area (Å²) in [7, 11) is -0.0254. The summed E-state index contributed by atoms with van der Waals surface area (Å²) in [5.74, 6) is 0. The second kappa shape index (κ2) is 0.943. The predicted molar refractivity (Wildman–Crippen MR) is 87.0 cm³/mol. The zero-order valence-corrected chi connectivity index (χ0v) is 15.3. The van der Waals surface area contributed by atoms with Crippen molar-refractivity contribution in [2.24, 2.45) is 0 Å². The molecule has 11 heterocycles. The first-order chi connectivity index (χ1) is 10.3. The van der Waals surface area contributed by atoms with Gasteiger partial charge in [-0.15, -0.1) is 0 Å². The van der Waals surface area contributed by atoms with Gasteiger partial charge in [0.1, 0.15) is 0 Å². The van der Waals surface area contributed by atoms with Crippen LogP contribution in [0.4, 0.5) is 0 Å². The van der Waals surface area contributed by atoms with Crippen LogP contribution in [0.3, 0.4) is 0 Å². The molecule has 116 valence electrons. The first-order valence-corrected chi connectivity index (χ1v) is 16.8. The molecule has 0 saturated carbocycles. The van der Waals surface area contributed by atoms with Crippen molar-refractivity contribution >= 4 is 13.4 Å². The third-order valence-electron chi connectivity index (χ3n) is 16.5. The Morgan fingerprint density at radius 3 is 1.86 bits per heavy atom. The zero-order valence-electron chi connectivity index (χ0n) is 13.3. The van der Waals surface area contributed by atoms with Crippen molar-refractivity contribution in [3.8, 4) is 0 Å². The third-order valence-corrected chi connectivity index (χ3v) is 66.3. The van der Waals surface area contributed by atoms with Gasteiger partial charge in [-0.3, -0.25) is 0 Å². The van der Waals surface area contributed by atoms with Crippen molar-refractivity contribution in [1.82, 2.24) is 4.98 Å². The molecule has 5 atom stereocenters.